The summed E-state index contributed by atoms with van der Waals surface area (Å²) >= 11 is 0. The van der Waals surface area contributed by atoms with Crippen LogP contribution in [0.3, 0.4) is 0 Å². The van der Waals surface area contributed by atoms with Gasteiger partial charge in [0.1, 0.15) is 5.75 Å². The zero-order chi connectivity index (χ0) is 23.4. The molecule has 3 rings (SSSR count). The molecule has 0 spiro atoms. The van der Waals surface area contributed by atoms with Gasteiger partial charge in [0, 0.05) is 38.9 Å². The van der Waals surface area contributed by atoms with E-state index >= 15 is 0 Å². The summed E-state index contributed by atoms with van der Waals surface area (Å²) in [5.74, 6) is 0.829. The second-order valence-corrected chi connectivity index (χ2v) is 8.99. The van der Waals surface area contributed by atoms with Crippen LogP contribution < -0.4 is 9.64 Å². The molecule has 1 fully saturated rings. The number of halogens is 3. The van der Waals surface area contributed by atoms with E-state index < -0.39 is 17.3 Å². The van der Waals surface area contributed by atoms with Crippen molar-refractivity contribution < 1.29 is 23.0 Å². The summed E-state index contributed by atoms with van der Waals surface area (Å²) in [7, 11) is 1.99. The third-order valence-electron chi connectivity index (χ3n) is 6.07. The molecule has 0 bridgehead atoms. The molecule has 0 saturated carbocycles. The van der Waals surface area contributed by atoms with Gasteiger partial charge in [-0.3, -0.25) is 4.90 Å². The number of nitrogens with zero attached hydrogens (tertiary/aromatic N) is 2. The average molecular weight is 451 g/mol. The van der Waals surface area contributed by atoms with Crippen molar-refractivity contribution in [3.63, 3.8) is 0 Å². The van der Waals surface area contributed by atoms with Gasteiger partial charge in [0.15, 0.2) is 0 Å². The lowest BCUT2D eigenvalue weighted by Gasteiger charge is -2.39. The largest absolute Gasteiger partial charge is 0.491 e. The monoisotopic (exact) mass is 450 g/mol. The van der Waals surface area contributed by atoms with Gasteiger partial charge >= 0.3 is 6.18 Å². The molecule has 0 aromatic heterocycles. The van der Waals surface area contributed by atoms with Crippen LogP contribution in [0.4, 0.5) is 18.9 Å². The molecular formula is C25H33F3N2O2. The first-order valence-corrected chi connectivity index (χ1v) is 11.1. The Morgan fingerprint density at radius 2 is 1.69 bits per heavy atom. The number of alkyl halides is 3. The average Bonchev–Trinajstić information content (AvgIpc) is 2.74. The van der Waals surface area contributed by atoms with Crippen molar-refractivity contribution in [3.05, 3.63) is 59.7 Å². The maximum absolute atomic E-state index is 13.2. The molecule has 1 heterocycles. The molecule has 4 nitrogen and oxygen atoms in total. The minimum atomic E-state index is -4.35. The summed E-state index contributed by atoms with van der Waals surface area (Å²) in [6.45, 7) is 6.07. The number of benzene rings is 2. The van der Waals surface area contributed by atoms with E-state index in [0.29, 0.717) is 38.9 Å². The molecule has 0 aliphatic carbocycles. The van der Waals surface area contributed by atoms with Gasteiger partial charge in [-0.05, 0) is 69.0 Å². The smallest absolute Gasteiger partial charge is 0.416 e. The van der Waals surface area contributed by atoms with Crippen LogP contribution in [0, 0.1) is 0 Å². The van der Waals surface area contributed by atoms with Gasteiger partial charge in [-0.1, -0.05) is 18.2 Å². The van der Waals surface area contributed by atoms with Crippen molar-refractivity contribution in [3.8, 4) is 5.75 Å². The van der Waals surface area contributed by atoms with Gasteiger partial charge in [0.2, 0.25) is 0 Å². The number of piperidine rings is 1. The number of ether oxygens (including phenoxy) is 1. The summed E-state index contributed by atoms with van der Waals surface area (Å²) < 4.78 is 45.4. The van der Waals surface area contributed by atoms with Crippen LogP contribution in [0.25, 0.3) is 0 Å². The quantitative estimate of drug-likeness (QED) is 0.589. The van der Waals surface area contributed by atoms with Crippen LogP contribution in [0.1, 0.15) is 44.2 Å². The van der Waals surface area contributed by atoms with Gasteiger partial charge < -0.3 is 14.7 Å². The van der Waals surface area contributed by atoms with Gasteiger partial charge in [0.05, 0.1) is 17.3 Å². The van der Waals surface area contributed by atoms with Crippen molar-refractivity contribution in [2.45, 2.75) is 57.5 Å². The summed E-state index contributed by atoms with van der Waals surface area (Å²) in [4.78, 5) is 4.10. The molecule has 1 N–H and O–H groups in total. The topological polar surface area (TPSA) is 35.9 Å². The molecule has 0 amide bonds. The lowest BCUT2D eigenvalue weighted by molar-refractivity contribution is -0.138. The van der Waals surface area contributed by atoms with Crippen LogP contribution in [0.5, 0.6) is 5.75 Å². The zero-order valence-corrected chi connectivity index (χ0v) is 19.0. The molecule has 7 heteroatoms. The fourth-order valence-electron chi connectivity index (χ4n) is 4.11. The van der Waals surface area contributed by atoms with Crippen LogP contribution in [0.2, 0.25) is 0 Å². The Bertz CT molecular complexity index is 860. The Morgan fingerprint density at radius 1 is 1.06 bits per heavy atom. The number of aliphatic hydroxyl groups is 1. The van der Waals surface area contributed by atoms with E-state index in [-0.39, 0.29) is 18.2 Å². The van der Waals surface area contributed by atoms with E-state index in [1.54, 1.807) is 6.07 Å². The Kier molecular flexibility index (Phi) is 7.72. The zero-order valence-electron chi connectivity index (χ0n) is 19.0. The molecule has 2 aromatic carbocycles. The predicted octanol–water partition coefficient (Wildman–Crippen LogP) is 5.35. The second kappa shape index (κ2) is 10.1. The van der Waals surface area contributed by atoms with Crippen molar-refractivity contribution in [1.82, 2.24) is 4.90 Å². The van der Waals surface area contributed by atoms with Gasteiger partial charge in [-0.15, -0.1) is 0 Å². The predicted molar refractivity (Wildman–Crippen MR) is 121 cm³/mol. The minimum Gasteiger partial charge on any atom is -0.491 e. The minimum absolute atomic E-state index is 0.126. The lowest BCUT2D eigenvalue weighted by atomic mass is 9.87. The van der Waals surface area contributed by atoms with Crippen molar-refractivity contribution in [1.29, 1.82) is 0 Å². The van der Waals surface area contributed by atoms with Crippen LogP contribution in [-0.4, -0.2) is 48.4 Å². The number of rotatable bonds is 8. The van der Waals surface area contributed by atoms with Gasteiger partial charge in [-0.2, -0.15) is 13.2 Å². The molecule has 1 aliphatic heterocycles. The first-order chi connectivity index (χ1) is 15.1. The maximum atomic E-state index is 13.2. The van der Waals surface area contributed by atoms with Crippen molar-refractivity contribution >= 4 is 5.69 Å². The number of hydrogen-bond acceptors (Lipinski definition) is 4. The van der Waals surface area contributed by atoms with E-state index in [2.05, 4.69) is 4.90 Å². The van der Waals surface area contributed by atoms with Crippen molar-refractivity contribution in [2.75, 3.05) is 31.6 Å². The molecule has 1 saturated heterocycles. The van der Waals surface area contributed by atoms with E-state index in [4.69, 9.17) is 4.74 Å². The Labute approximate surface area is 188 Å². The fraction of sp³-hybridized carbons (Fsp3) is 0.520. The Morgan fingerprint density at radius 3 is 2.28 bits per heavy atom. The van der Waals surface area contributed by atoms with Gasteiger partial charge in [0.25, 0.3) is 0 Å². The number of likely N-dealkylation sites (tertiary alicyclic amines) is 1. The van der Waals surface area contributed by atoms with Crippen molar-refractivity contribution in [2.24, 2.45) is 0 Å². The molecular weight excluding hydrogens is 417 g/mol. The highest BCUT2D eigenvalue weighted by molar-refractivity contribution is 5.48. The van der Waals surface area contributed by atoms with E-state index in [9.17, 15) is 18.3 Å². The molecule has 1 aliphatic rings. The van der Waals surface area contributed by atoms with E-state index in [1.165, 1.54) is 12.1 Å². The first-order valence-electron chi connectivity index (χ1n) is 11.1. The molecule has 32 heavy (non-hydrogen) atoms. The van der Waals surface area contributed by atoms with Crippen LogP contribution in [-0.2, 0) is 12.7 Å². The Hall–Kier alpha value is -2.25. The number of hydrogen-bond donors (Lipinski definition) is 1. The third kappa shape index (κ3) is 6.62. The SMILES string of the molecule is CC(C)Oc1ccc(N(C)CCC2(O)CCN(Cc3ccccc3C(F)(F)F)CC2)cc1. The summed E-state index contributed by atoms with van der Waals surface area (Å²) in [5, 5.41) is 11.0. The fourth-order valence-corrected chi connectivity index (χ4v) is 4.11. The molecule has 0 radical (unpaired) electrons. The van der Waals surface area contributed by atoms with E-state index in [0.717, 1.165) is 17.5 Å². The maximum Gasteiger partial charge on any atom is 0.416 e. The summed E-state index contributed by atoms with van der Waals surface area (Å²) in [5.41, 5.74) is -0.0390. The van der Waals surface area contributed by atoms with Crippen LogP contribution >= 0.6 is 0 Å². The lowest BCUT2D eigenvalue weighted by Crippen LogP contribution is -2.45. The highest BCUT2D eigenvalue weighted by Gasteiger charge is 2.35. The second-order valence-electron chi connectivity index (χ2n) is 8.99. The third-order valence-corrected chi connectivity index (χ3v) is 6.07. The highest BCUT2D eigenvalue weighted by atomic mass is 19.4. The molecule has 0 atom stereocenters. The standard InChI is InChI=1S/C25H33F3N2O2/c1-19(2)32-22-10-8-21(9-11-22)29(3)15-12-24(31)13-16-30(17-14-24)18-20-6-4-5-7-23(20)25(26,27)28/h4-11,19,31H,12-18H2,1-3H3. The molecule has 0 unspecified atom stereocenters. The van der Waals surface area contributed by atoms with E-state index in [1.807, 2.05) is 50.1 Å². The molecule has 2 aromatic rings. The van der Waals surface area contributed by atoms with Crippen LogP contribution in [0.15, 0.2) is 48.5 Å². The highest BCUT2D eigenvalue weighted by Crippen LogP contribution is 2.34. The Balaban J connectivity index is 1.50. The molecule has 176 valence electrons. The normalized spacial score (nSPS) is 16.9. The summed E-state index contributed by atoms with van der Waals surface area (Å²) in [6, 6.07) is 13.6. The van der Waals surface area contributed by atoms with Gasteiger partial charge in [-0.25, -0.2) is 0 Å². The first kappa shape index (κ1) is 24.4. The summed E-state index contributed by atoms with van der Waals surface area (Å²) in [6.07, 6.45) is -2.51. The number of anilines is 1.